The summed E-state index contributed by atoms with van der Waals surface area (Å²) >= 11 is 0.898. The van der Waals surface area contributed by atoms with Gasteiger partial charge in [0.2, 0.25) is 0 Å². The van der Waals surface area contributed by atoms with E-state index < -0.39 is 12.1 Å². The van der Waals surface area contributed by atoms with Crippen LogP contribution in [-0.2, 0) is 4.79 Å². The number of likely N-dealkylation sites (N-methyl/N-ethyl adjacent to an activating group) is 1. The predicted molar refractivity (Wildman–Crippen MR) is 87.7 cm³/mol. The Morgan fingerprint density at radius 1 is 1.20 bits per heavy atom. The summed E-state index contributed by atoms with van der Waals surface area (Å²) in [6.07, 6.45) is -4.97. The highest BCUT2D eigenvalue weighted by Crippen LogP contribution is 2.28. The molecule has 134 valence electrons. The predicted octanol–water partition coefficient (Wildman–Crippen LogP) is 2.18. The van der Waals surface area contributed by atoms with Crippen molar-refractivity contribution in [3.8, 4) is 0 Å². The lowest BCUT2D eigenvalue weighted by Crippen LogP contribution is -2.47. The van der Waals surface area contributed by atoms with Gasteiger partial charge < -0.3 is 9.80 Å². The maximum absolute atomic E-state index is 12.5. The third kappa shape index (κ3) is 3.90. The first-order valence-corrected chi connectivity index (χ1v) is 8.32. The number of carbonyl (C=O) groups is 2. The van der Waals surface area contributed by atoms with Crippen LogP contribution in [-0.4, -0.2) is 66.0 Å². The van der Waals surface area contributed by atoms with Gasteiger partial charge in [0.1, 0.15) is 0 Å². The Bertz CT molecular complexity index is 813. The Morgan fingerprint density at radius 3 is 2.52 bits per heavy atom. The number of nitrogens with zero attached hydrogens (tertiary/aromatic N) is 3. The number of thiazole rings is 1. The molecule has 1 aliphatic heterocycles. The monoisotopic (exact) mass is 372 g/mol. The van der Waals surface area contributed by atoms with Gasteiger partial charge in [-0.05, 0) is 25.2 Å². The van der Waals surface area contributed by atoms with Gasteiger partial charge in [0.05, 0.1) is 10.2 Å². The van der Waals surface area contributed by atoms with Gasteiger partial charge in [-0.2, -0.15) is 13.2 Å². The Kier molecular flexibility index (Phi) is 4.65. The lowest BCUT2D eigenvalue weighted by Gasteiger charge is -2.32. The molecule has 1 aromatic heterocycles. The normalized spacial score (nSPS) is 16.2. The number of halogens is 3. The molecule has 1 N–H and O–H groups in total. The number of alkyl halides is 3. The van der Waals surface area contributed by atoms with E-state index in [1.54, 1.807) is 28.4 Å². The van der Waals surface area contributed by atoms with Gasteiger partial charge in [-0.15, -0.1) is 0 Å². The molecule has 2 aromatic rings. The second-order valence-corrected chi connectivity index (χ2v) is 6.78. The summed E-state index contributed by atoms with van der Waals surface area (Å²) in [6, 6.07) is 4.76. The standard InChI is InChI=1S/C15H15F3N4O2S/c1-21-4-6-22(7-5-21)12(23)9-2-3-10-11(8-9)25-14(19-10)20-13(24)15(16,17)18/h2-3,8H,4-7H2,1H3,(H,19,20,24). The fraction of sp³-hybridized carbons (Fsp3) is 0.400. The zero-order valence-electron chi connectivity index (χ0n) is 13.3. The van der Waals surface area contributed by atoms with Crippen LogP contribution in [0.5, 0.6) is 0 Å². The van der Waals surface area contributed by atoms with Crippen LogP contribution in [0.15, 0.2) is 18.2 Å². The zero-order valence-corrected chi connectivity index (χ0v) is 14.1. The van der Waals surface area contributed by atoms with Gasteiger partial charge >= 0.3 is 12.1 Å². The highest BCUT2D eigenvalue weighted by Gasteiger charge is 2.39. The van der Waals surface area contributed by atoms with Crippen LogP contribution in [0.3, 0.4) is 0 Å². The average Bonchev–Trinajstić information content (AvgIpc) is 2.95. The highest BCUT2D eigenvalue weighted by atomic mass is 32.1. The van der Waals surface area contributed by atoms with Gasteiger partial charge in [0.25, 0.3) is 5.91 Å². The van der Waals surface area contributed by atoms with Crippen molar-refractivity contribution in [1.29, 1.82) is 0 Å². The smallest absolute Gasteiger partial charge is 0.336 e. The number of aromatic nitrogens is 1. The number of hydrogen-bond acceptors (Lipinski definition) is 5. The number of rotatable bonds is 2. The number of anilines is 1. The molecular formula is C15H15F3N4O2S. The van der Waals surface area contributed by atoms with E-state index in [-0.39, 0.29) is 11.0 Å². The number of piperazine rings is 1. The van der Waals surface area contributed by atoms with E-state index in [2.05, 4.69) is 9.88 Å². The first-order valence-electron chi connectivity index (χ1n) is 7.50. The molecular weight excluding hydrogens is 357 g/mol. The molecule has 1 aliphatic rings. The summed E-state index contributed by atoms with van der Waals surface area (Å²) in [5, 5.41) is 1.58. The molecule has 3 rings (SSSR count). The Labute approximate surface area is 145 Å². The first kappa shape index (κ1) is 17.6. The van der Waals surface area contributed by atoms with Gasteiger partial charge in [-0.3, -0.25) is 14.9 Å². The summed E-state index contributed by atoms with van der Waals surface area (Å²) in [5.41, 5.74) is 0.881. The van der Waals surface area contributed by atoms with Crippen LogP contribution >= 0.6 is 11.3 Å². The topological polar surface area (TPSA) is 65.5 Å². The second kappa shape index (κ2) is 6.60. The molecule has 0 unspecified atom stereocenters. The molecule has 2 heterocycles. The molecule has 10 heteroatoms. The van der Waals surface area contributed by atoms with Gasteiger partial charge in [0, 0.05) is 31.7 Å². The van der Waals surface area contributed by atoms with Crippen molar-refractivity contribution in [3.05, 3.63) is 23.8 Å². The fourth-order valence-corrected chi connectivity index (χ4v) is 3.37. The highest BCUT2D eigenvalue weighted by molar-refractivity contribution is 7.22. The number of amides is 2. The fourth-order valence-electron chi connectivity index (χ4n) is 2.47. The first-order chi connectivity index (χ1) is 11.7. The average molecular weight is 372 g/mol. The molecule has 0 saturated carbocycles. The summed E-state index contributed by atoms with van der Waals surface area (Å²) in [5.74, 6) is -2.19. The lowest BCUT2D eigenvalue weighted by atomic mass is 10.1. The maximum atomic E-state index is 12.5. The minimum Gasteiger partial charge on any atom is -0.336 e. The van der Waals surface area contributed by atoms with Crippen molar-refractivity contribution in [2.24, 2.45) is 0 Å². The van der Waals surface area contributed by atoms with Crippen LogP contribution in [0.1, 0.15) is 10.4 Å². The van der Waals surface area contributed by atoms with E-state index in [1.807, 2.05) is 7.05 Å². The number of fused-ring (bicyclic) bond motifs is 1. The largest absolute Gasteiger partial charge is 0.471 e. The van der Waals surface area contributed by atoms with Gasteiger partial charge in [-0.25, -0.2) is 4.98 Å². The Balaban J connectivity index is 1.78. The van der Waals surface area contributed by atoms with Crippen LogP contribution in [0.25, 0.3) is 10.2 Å². The summed E-state index contributed by atoms with van der Waals surface area (Å²) in [4.78, 5) is 31.3. The molecule has 25 heavy (non-hydrogen) atoms. The third-order valence-corrected chi connectivity index (χ3v) is 4.84. The van der Waals surface area contributed by atoms with Crippen molar-refractivity contribution in [2.45, 2.75) is 6.18 Å². The Morgan fingerprint density at radius 2 is 1.88 bits per heavy atom. The van der Waals surface area contributed by atoms with Crippen molar-refractivity contribution in [2.75, 3.05) is 38.5 Å². The van der Waals surface area contributed by atoms with Crippen molar-refractivity contribution < 1.29 is 22.8 Å². The number of carbonyl (C=O) groups excluding carboxylic acids is 2. The van der Waals surface area contributed by atoms with Crippen LogP contribution < -0.4 is 5.32 Å². The molecule has 0 bridgehead atoms. The quantitative estimate of drug-likeness (QED) is 0.878. The van der Waals surface area contributed by atoms with E-state index >= 15 is 0 Å². The van der Waals surface area contributed by atoms with E-state index in [9.17, 15) is 22.8 Å². The molecule has 1 fully saturated rings. The lowest BCUT2D eigenvalue weighted by molar-refractivity contribution is -0.167. The van der Waals surface area contributed by atoms with E-state index in [4.69, 9.17) is 0 Å². The summed E-state index contributed by atoms with van der Waals surface area (Å²) in [7, 11) is 1.99. The van der Waals surface area contributed by atoms with E-state index in [0.717, 1.165) is 24.4 Å². The van der Waals surface area contributed by atoms with Crippen LogP contribution in [0, 0.1) is 0 Å². The SMILES string of the molecule is CN1CCN(C(=O)c2ccc3nc(NC(=O)C(F)(F)F)sc3c2)CC1. The van der Waals surface area contributed by atoms with E-state index in [1.165, 1.54) is 0 Å². The molecule has 1 saturated heterocycles. The molecule has 0 spiro atoms. The number of benzene rings is 1. The number of hydrogen-bond donors (Lipinski definition) is 1. The van der Waals surface area contributed by atoms with Gasteiger partial charge in [-0.1, -0.05) is 11.3 Å². The van der Waals surface area contributed by atoms with Crippen molar-refractivity contribution in [1.82, 2.24) is 14.8 Å². The molecule has 1 aromatic carbocycles. The van der Waals surface area contributed by atoms with Crippen molar-refractivity contribution >= 4 is 38.5 Å². The van der Waals surface area contributed by atoms with Gasteiger partial charge in [0.15, 0.2) is 5.13 Å². The molecule has 0 aliphatic carbocycles. The molecule has 2 amide bonds. The molecule has 6 nitrogen and oxygen atoms in total. The summed E-state index contributed by atoms with van der Waals surface area (Å²) < 4.78 is 37.5. The maximum Gasteiger partial charge on any atom is 0.471 e. The van der Waals surface area contributed by atoms with Crippen LogP contribution in [0.2, 0.25) is 0 Å². The number of nitrogens with one attached hydrogen (secondary N) is 1. The second-order valence-electron chi connectivity index (χ2n) is 5.75. The third-order valence-electron chi connectivity index (χ3n) is 3.90. The van der Waals surface area contributed by atoms with Crippen LogP contribution in [0.4, 0.5) is 18.3 Å². The minimum atomic E-state index is -4.97. The molecule has 0 radical (unpaired) electrons. The van der Waals surface area contributed by atoms with Crippen molar-refractivity contribution in [3.63, 3.8) is 0 Å². The van der Waals surface area contributed by atoms with E-state index in [0.29, 0.717) is 28.9 Å². The zero-order chi connectivity index (χ0) is 18.2. The summed E-state index contributed by atoms with van der Waals surface area (Å²) in [6.45, 7) is 2.84. The minimum absolute atomic E-state index is 0.121. The Hall–Kier alpha value is -2.20. The molecule has 0 atom stereocenters.